The van der Waals surface area contributed by atoms with Crippen LogP contribution in [-0.4, -0.2) is 38.6 Å². The standard InChI is InChI=1S/C12H28N2/c1-6-8-9-14(5)11-12(3,7-2)10-13-4/h13H,6-11H2,1-5H3. The lowest BCUT2D eigenvalue weighted by Gasteiger charge is -2.32. The Hall–Kier alpha value is -0.0800. The molecule has 0 aliphatic carbocycles. The van der Waals surface area contributed by atoms with Crippen molar-refractivity contribution in [3.63, 3.8) is 0 Å². The molecule has 0 saturated carbocycles. The van der Waals surface area contributed by atoms with Crippen molar-refractivity contribution in [3.05, 3.63) is 0 Å². The molecule has 0 heterocycles. The number of hydrogen-bond acceptors (Lipinski definition) is 2. The summed E-state index contributed by atoms with van der Waals surface area (Å²) in [5.41, 5.74) is 0.428. The minimum absolute atomic E-state index is 0.428. The van der Waals surface area contributed by atoms with Gasteiger partial charge in [-0.3, -0.25) is 0 Å². The zero-order chi connectivity index (χ0) is 11.0. The largest absolute Gasteiger partial charge is 0.319 e. The van der Waals surface area contributed by atoms with E-state index < -0.39 is 0 Å². The maximum atomic E-state index is 3.29. The Morgan fingerprint density at radius 2 is 1.93 bits per heavy atom. The van der Waals surface area contributed by atoms with Gasteiger partial charge in [-0.1, -0.05) is 27.2 Å². The molecule has 0 aromatic heterocycles. The Morgan fingerprint density at radius 1 is 1.29 bits per heavy atom. The van der Waals surface area contributed by atoms with Gasteiger partial charge in [0.2, 0.25) is 0 Å². The molecule has 2 nitrogen and oxygen atoms in total. The number of rotatable bonds is 8. The first kappa shape index (κ1) is 13.9. The third-order valence-corrected chi connectivity index (χ3v) is 3.00. The van der Waals surface area contributed by atoms with Crippen LogP contribution in [0, 0.1) is 5.41 Å². The van der Waals surface area contributed by atoms with E-state index in [0.29, 0.717) is 5.41 Å². The molecule has 0 rings (SSSR count). The lowest BCUT2D eigenvalue weighted by molar-refractivity contribution is 0.181. The fraction of sp³-hybridized carbons (Fsp3) is 1.00. The van der Waals surface area contributed by atoms with Crippen molar-refractivity contribution in [1.82, 2.24) is 10.2 Å². The normalized spacial score (nSPS) is 15.9. The van der Waals surface area contributed by atoms with Gasteiger partial charge in [-0.25, -0.2) is 0 Å². The SMILES string of the molecule is CCCCN(C)CC(C)(CC)CNC. The fourth-order valence-electron chi connectivity index (χ4n) is 1.88. The van der Waals surface area contributed by atoms with E-state index in [-0.39, 0.29) is 0 Å². The molecular weight excluding hydrogens is 172 g/mol. The molecule has 14 heavy (non-hydrogen) atoms. The van der Waals surface area contributed by atoms with Gasteiger partial charge >= 0.3 is 0 Å². The van der Waals surface area contributed by atoms with E-state index in [1.807, 2.05) is 7.05 Å². The van der Waals surface area contributed by atoms with Crippen LogP contribution in [0.3, 0.4) is 0 Å². The Kier molecular flexibility index (Phi) is 7.20. The fourth-order valence-corrected chi connectivity index (χ4v) is 1.88. The molecule has 0 amide bonds. The zero-order valence-corrected chi connectivity index (χ0v) is 10.7. The van der Waals surface area contributed by atoms with E-state index in [1.165, 1.54) is 32.4 Å². The van der Waals surface area contributed by atoms with Crippen LogP contribution in [0.2, 0.25) is 0 Å². The van der Waals surface area contributed by atoms with Crippen molar-refractivity contribution >= 4 is 0 Å². The van der Waals surface area contributed by atoms with Crippen LogP contribution in [-0.2, 0) is 0 Å². The first-order valence-corrected chi connectivity index (χ1v) is 5.91. The van der Waals surface area contributed by atoms with E-state index in [1.54, 1.807) is 0 Å². The lowest BCUT2D eigenvalue weighted by atomic mass is 9.87. The average molecular weight is 200 g/mol. The highest BCUT2D eigenvalue weighted by Gasteiger charge is 2.22. The Balaban J connectivity index is 3.89. The summed E-state index contributed by atoms with van der Waals surface area (Å²) in [4.78, 5) is 2.46. The summed E-state index contributed by atoms with van der Waals surface area (Å²) in [5, 5.41) is 3.29. The van der Waals surface area contributed by atoms with E-state index in [9.17, 15) is 0 Å². The number of nitrogens with one attached hydrogen (secondary N) is 1. The number of hydrogen-bond donors (Lipinski definition) is 1. The minimum atomic E-state index is 0.428. The van der Waals surface area contributed by atoms with Gasteiger partial charge in [0.25, 0.3) is 0 Å². The van der Waals surface area contributed by atoms with Crippen molar-refractivity contribution in [1.29, 1.82) is 0 Å². The molecule has 0 aliphatic rings. The van der Waals surface area contributed by atoms with Crippen LogP contribution in [0.4, 0.5) is 0 Å². The summed E-state index contributed by atoms with van der Waals surface area (Å²) in [6, 6.07) is 0. The highest BCUT2D eigenvalue weighted by Crippen LogP contribution is 2.20. The Labute approximate surface area is 90.1 Å². The molecule has 2 heteroatoms. The summed E-state index contributed by atoms with van der Waals surface area (Å²) in [6.07, 6.45) is 3.85. The summed E-state index contributed by atoms with van der Waals surface area (Å²) in [6.45, 7) is 10.4. The zero-order valence-electron chi connectivity index (χ0n) is 10.7. The van der Waals surface area contributed by atoms with E-state index >= 15 is 0 Å². The van der Waals surface area contributed by atoms with Gasteiger partial charge in [0, 0.05) is 13.1 Å². The summed E-state index contributed by atoms with van der Waals surface area (Å²) in [7, 11) is 4.28. The van der Waals surface area contributed by atoms with Crippen molar-refractivity contribution in [2.24, 2.45) is 5.41 Å². The van der Waals surface area contributed by atoms with Gasteiger partial charge in [-0.2, -0.15) is 0 Å². The molecule has 0 spiro atoms. The molecule has 86 valence electrons. The second-order valence-corrected chi connectivity index (χ2v) is 4.79. The smallest absolute Gasteiger partial charge is 0.00443 e. The maximum Gasteiger partial charge on any atom is 0.00443 e. The van der Waals surface area contributed by atoms with Crippen LogP contribution in [0.5, 0.6) is 0 Å². The molecule has 0 aromatic rings. The van der Waals surface area contributed by atoms with Gasteiger partial charge in [-0.05, 0) is 38.9 Å². The van der Waals surface area contributed by atoms with Gasteiger partial charge in [0.15, 0.2) is 0 Å². The third-order valence-electron chi connectivity index (χ3n) is 3.00. The van der Waals surface area contributed by atoms with Gasteiger partial charge in [0.1, 0.15) is 0 Å². The van der Waals surface area contributed by atoms with Crippen LogP contribution in [0.25, 0.3) is 0 Å². The highest BCUT2D eigenvalue weighted by molar-refractivity contribution is 4.77. The molecular formula is C12H28N2. The molecule has 0 bridgehead atoms. The molecule has 0 fully saturated rings. The Bertz CT molecular complexity index is 136. The maximum absolute atomic E-state index is 3.29. The molecule has 1 N–H and O–H groups in total. The highest BCUT2D eigenvalue weighted by atomic mass is 15.1. The quantitative estimate of drug-likeness (QED) is 0.647. The predicted octanol–water partition coefficient (Wildman–Crippen LogP) is 2.35. The Morgan fingerprint density at radius 3 is 2.36 bits per heavy atom. The van der Waals surface area contributed by atoms with Crippen molar-refractivity contribution in [2.45, 2.75) is 40.0 Å². The third kappa shape index (κ3) is 5.61. The minimum Gasteiger partial charge on any atom is -0.319 e. The molecule has 1 atom stereocenters. The van der Waals surface area contributed by atoms with E-state index in [4.69, 9.17) is 0 Å². The molecule has 0 aromatic carbocycles. The monoisotopic (exact) mass is 200 g/mol. The van der Waals surface area contributed by atoms with Crippen LogP contribution in [0.15, 0.2) is 0 Å². The number of unbranched alkanes of at least 4 members (excludes halogenated alkanes) is 1. The molecule has 0 saturated heterocycles. The number of nitrogens with zero attached hydrogens (tertiary/aromatic N) is 1. The summed E-state index contributed by atoms with van der Waals surface area (Å²) in [5.74, 6) is 0. The van der Waals surface area contributed by atoms with Crippen molar-refractivity contribution in [2.75, 3.05) is 33.7 Å². The second-order valence-electron chi connectivity index (χ2n) is 4.79. The molecule has 0 aliphatic heterocycles. The van der Waals surface area contributed by atoms with Gasteiger partial charge < -0.3 is 10.2 Å². The van der Waals surface area contributed by atoms with Crippen molar-refractivity contribution in [3.8, 4) is 0 Å². The van der Waals surface area contributed by atoms with Crippen LogP contribution in [0.1, 0.15) is 40.0 Å². The predicted molar refractivity (Wildman–Crippen MR) is 64.7 cm³/mol. The first-order valence-electron chi connectivity index (χ1n) is 5.91. The van der Waals surface area contributed by atoms with E-state index in [2.05, 4.69) is 38.0 Å². The summed E-state index contributed by atoms with van der Waals surface area (Å²) >= 11 is 0. The molecule has 1 unspecified atom stereocenters. The lowest BCUT2D eigenvalue weighted by Crippen LogP contribution is -2.40. The molecule has 0 radical (unpaired) electrons. The summed E-state index contributed by atoms with van der Waals surface area (Å²) < 4.78 is 0. The topological polar surface area (TPSA) is 15.3 Å². The van der Waals surface area contributed by atoms with Crippen LogP contribution >= 0.6 is 0 Å². The second kappa shape index (κ2) is 7.24. The van der Waals surface area contributed by atoms with E-state index in [0.717, 1.165) is 6.54 Å². The van der Waals surface area contributed by atoms with Crippen LogP contribution < -0.4 is 5.32 Å². The van der Waals surface area contributed by atoms with Crippen molar-refractivity contribution < 1.29 is 0 Å². The van der Waals surface area contributed by atoms with Gasteiger partial charge in [0.05, 0.1) is 0 Å². The average Bonchev–Trinajstić information content (AvgIpc) is 2.15. The first-order chi connectivity index (χ1) is 6.58. The van der Waals surface area contributed by atoms with Gasteiger partial charge in [-0.15, -0.1) is 0 Å².